The summed E-state index contributed by atoms with van der Waals surface area (Å²) in [6.45, 7) is 5.24. The van der Waals surface area contributed by atoms with Crippen molar-refractivity contribution in [2.75, 3.05) is 6.54 Å². The molecule has 0 spiro atoms. The number of aryl methyl sites for hydroxylation is 2. The Balaban J connectivity index is 1.56. The van der Waals surface area contributed by atoms with Crippen LogP contribution in [0.2, 0.25) is 0 Å². The minimum Gasteiger partial charge on any atom is -0.293 e. The van der Waals surface area contributed by atoms with Crippen molar-refractivity contribution in [1.29, 1.82) is 0 Å². The fraction of sp³-hybridized carbons (Fsp3) is 0.263. The van der Waals surface area contributed by atoms with Crippen LogP contribution in [0, 0.1) is 6.92 Å². The molecule has 8 heteroatoms. The van der Waals surface area contributed by atoms with E-state index in [1.54, 1.807) is 6.20 Å². The molecule has 0 aliphatic carbocycles. The van der Waals surface area contributed by atoms with Crippen LogP contribution in [0.25, 0.3) is 15.3 Å². The largest absolute Gasteiger partial charge is 0.293 e. The van der Waals surface area contributed by atoms with Crippen molar-refractivity contribution in [3.05, 3.63) is 64.3 Å². The molecule has 27 heavy (non-hydrogen) atoms. The lowest BCUT2D eigenvalue weighted by Crippen LogP contribution is -2.19. The number of benzene rings is 1. The van der Waals surface area contributed by atoms with Crippen LogP contribution < -0.4 is 5.56 Å². The van der Waals surface area contributed by atoms with E-state index >= 15 is 0 Å². The van der Waals surface area contributed by atoms with Crippen molar-refractivity contribution in [2.24, 2.45) is 4.99 Å². The molecule has 4 rings (SSSR count). The van der Waals surface area contributed by atoms with Crippen molar-refractivity contribution < 1.29 is 0 Å². The molecule has 0 fully saturated rings. The molecule has 4 aromatic rings. The van der Waals surface area contributed by atoms with Gasteiger partial charge in [0.15, 0.2) is 0 Å². The van der Waals surface area contributed by atoms with E-state index in [9.17, 15) is 4.79 Å². The monoisotopic (exact) mass is 380 g/mol. The van der Waals surface area contributed by atoms with E-state index in [0.717, 1.165) is 34.6 Å². The average molecular weight is 380 g/mol. The van der Waals surface area contributed by atoms with Crippen molar-refractivity contribution in [1.82, 2.24) is 24.5 Å². The highest BCUT2D eigenvalue weighted by Crippen LogP contribution is 2.23. The third-order valence-corrected chi connectivity index (χ3v) is 5.38. The number of fused-ring (bicyclic) bond motifs is 1. The number of thiazole rings is 1. The van der Waals surface area contributed by atoms with Crippen LogP contribution in [0.5, 0.6) is 0 Å². The molecule has 3 heterocycles. The highest BCUT2D eigenvalue weighted by molar-refractivity contribution is 7.20. The summed E-state index contributed by atoms with van der Waals surface area (Å²) < 4.78 is 4.45. The highest BCUT2D eigenvalue weighted by atomic mass is 32.1. The van der Waals surface area contributed by atoms with Gasteiger partial charge >= 0.3 is 0 Å². The molecule has 0 saturated carbocycles. The zero-order valence-corrected chi connectivity index (χ0v) is 16.0. The topological polar surface area (TPSA) is 80.9 Å². The van der Waals surface area contributed by atoms with Crippen LogP contribution >= 0.6 is 11.3 Å². The second-order valence-corrected chi connectivity index (χ2v) is 7.32. The first-order valence-corrected chi connectivity index (χ1v) is 9.61. The van der Waals surface area contributed by atoms with Gasteiger partial charge in [-0.2, -0.15) is 9.78 Å². The van der Waals surface area contributed by atoms with Crippen LogP contribution in [0.15, 0.2) is 52.5 Å². The van der Waals surface area contributed by atoms with Gasteiger partial charge in [0.1, 0.15) is 0 Å². The molecule has 0 radical (unpaired) electrons. The van der Waals surface area contributed by atoms with Gasteiger partial charge in [0, 0.05) is 36.9 Å². The molecule has 138 valence electrons. The van der Waals surface area contributed by atoms with E-state index in [4.69, 9.17) is 0 Å². The van der Waals surface area contributed by atoms with Gasteiger partial charge in [0.2, 0.25) is 5.13 Å². The Morgan fingerprint density at radius 3 is 2.93 bits per heavy atom. The second kappa shape index (κ2) is 7.32. The lowest BCUT2D eigenvalue weighted by atomic mass is 10.2. The quantitative estimate of drug-likeness (QED) is 0.412. The normalized spacial score (nSPS) is 12.1. The van der Waals surface area contributed by atoms with Crippen molar-refractivity contribution in [3.8, 4) is 5.13 Å². The molecule has 0 aliphatic heterocycles. The number of rotatable bonds is 6. The Morgan fingerprint density at radius 1 is 1.30 bits per heavy atom. The van der Waals surface area contributed by atoms with Gasteiger partial charge in [-0.05, 0) is 38.5 Å². The standard InChI is InChI=1S/C19H20N6OS/c1-13(20-9-5-11-24-12-6-10-21-24)17-14(2)23-25(18(17)26)19-22-15-7-3-4-8-16(15)27-19/h3-4,6-8,10,12,23H,5,9,11H2,1-2H3. The summed E-state index contributed by atoms with van der Waals surface area (Å²) in [5, 5.41) is 7.96. The van der Waals surface area contributed by atoms with E-state index in [2.05, 4.69) is 20.2 Å². The van der Waals surface area contributed by atoms with E-state index in [0.29, 0.717) is 17.2 Å². The Bertz CT molecular complexity index is 1120. The third kappa shape index (κ3) is 3.48. The van der Waals surface area contributed by atoms with Gasteiger partial charge in [0.25, 0.3) is 5.56 Å². The van der Waals surface area contributed by atoms with Crippen molar-refractivity contribution in [3.63, 3.8) is 0 Å². The summed E-state index contributed by atoms with van der Waals surface area (Å²) >= 11 is 1.49. The number of aromatic nitrogens is 5. The maximum atomic E-state index is 12.9. The summed E-state index contributed by atoms with van der Waals surface area (Å²) in [7, 11) is 0. The van der Waals surface area contributed by atoms with E-state index in [1.807, 2.05) is 55.1 Å². The zero-order chi connectivity index (χ0) is 18.8. The molecule has 0 atom stereocenters. The highest BCUT2D eigenvalue weighted by Gasteiger charge is 2.17. The van der Waals surface area contributed by atoms with Crippen LogP contribution in [-0.2, 0) is 6.54 Å². The second-order valence-electron chi connectivity index (χ2n) is 6.31. The van der Waals surface area contributed by atoms with Gasteiger partial charge in [-0.1, -0.05) is 23.5 Å². The van der Waals surface area contributed by atoms with Gasteiger partial charge < -0.3 is 0 Å². The average Bonchev–Trinajstić information content (AvgIpc) is 3.37. The molecular weight excluding hydrogens is 360 g/mol. The third-order valence-electron chi connectivity index (χ3n) is 4.36. The molecule has 0 saturated heterocycles. The van der Waals surface area contributed by atoms with Crippen LogP contribution in [0.4, 0.5) is 0 Å². The number of aliphatic imine (C=N–C) groups is 1. The first-order chi connectivity index (χ1) is 13.1. The molecular formula is C19H20N6OS. The Hall–Kier alpha value is -3.00. The number of nitrogens with one attached hydrogen (secondary N) is 1. The maximum Gasteiger partial charge on any atom is 0.282 e. The molecule has 3 aromatic heterocycles. The summed E-state index contributed by atoms with van der Waals surface area (Å²) in [6, 6.07) is 9.77. The molecule has 7 nitrogen and oxygen atoms in total. The molecule has 0 amide bonds. The number of hydrogen-bond donors (Lipinski definition) is 1. The summed E-state index contributed by atoms with van der Waals surface area (Å²) in [4.78, 5) is 22.1. The fourth-order valence-corrected chi connectivity index (χ4v) is 3.98. The van der Waals surface area contributed by atoms with Gasteiger partial charge in [-0.15, -0.1) is 0 Å². The Morgan fingerprint density at radius 2 is 2.15 bits per heavy atom. The molecule has 0 bridgehead atoms. The minimum atomic E-state index is -0.111. The van der Waals surface area contributed by atoms with Crippen molar-refractivity contribution in [2.45, 2.75) is 26.8 Å². The van der Waals surface area contributed by atoms with E-state index in [-0.39, 0.29) is 5.56 Å². The van der Waals surface area contributed by atoms with Crippen LogP contribution in [0.3, 0.4) is 0 Å². The molecule has 0 aliphatic rings. The smallest absolute Gasteiger partial charge is 0.282 e. The van der Waals surface area contributed by atoms with Crippen LogP contribution in [-0.4, -0.2) is 36.8 Å². The summed E-state index contributed by atoms with van der Waals surface area (Å²) in [5.41, 5.74) is 2.94. The summed E-state index contributed by atoms with van der Waals surface area (Å²) in [6.07, 6.45) is 4.57. The van der Waals surface area contributed by atoms with Gasteiger partial charge in [0.05, 0.1) is 15.8 Å². The Labute approximate surface area is 160 Å². The van der Waals surface area contributed by atoms with Crippen LogP contribution in [0.1, 0.15) is 24.6 Å². The number of aromatic amines is 1. The van der Waals surface area contributed by atoms with E-state index in [1.165, 1.54) is 16.0 Å². The number of para-hydroxylation sites is 1. The van der Waals surface area contributed by atoms with Gasteiger partial charge in [-0.25, -0.2) is 4.98 Å². The van der Waals surface area contributed by atoms with E-state index < -0.39 is 0 Å². The first kappa shape index (κ1) is 17.4. The number of hydrogen-bond acceptors (Lipinski definition) is 5. The lowest BCUT2D eigenvalue weighted by Gasteiger charge is -2.00. The zero-order valence-electron chi connectivity index (χ0n) is 15.2. The predicted octanol–water partition coefficient (Wildman–Crippen LogP) is 3.18. The predicted molar refractivity (Wildman–Crippen MR) is 108 cm³/mol. The lowest BCUT2D eigenvalue weighted by molar-refractivity contribution is 0.585. The molecule has 1 aromatic carbocycles. The number of H-pyrrole nitrogens is 1. The molecule has 1 N–H and O–H groups in total. The van der Waals surface area contributed by atoms with Crippen molar-refractivity contribution >= 4 is 27.3 Å². The maximum absolute atomic E-state index is 12.9. The van der Waals surface area contributed by atoms with Gasteiger partial charge in [-0.3, -0.25) is 19.6 Å². The number of nitrogens with zero attached hydrogens (tertiary/aromatic N) is 5. The Kier molecular flexibility index (Phi) is 4.72. The fourth-order valence-electron chi connectivity index (χ4n) is 3.05. The first-order valence-electron chi connectivity index (χ1n) is 8.80. The minimum absolute atomic E-state index is 0.111. The summed E-state index contributed by atoms with van der Waals surface area (Å²) in [5.74, 6) is 0. The molecule has 0 unspecified atom stereocenters. The SMILES string of the molecule is CC(=NCCCn1cccn1)c1c(C)[nH]n(-c2nc3ccccc3s2)c1=O.